The molecule has 0 aromatic heterocycles. The SMILES string of the molecule is CCOc1ccc(NC(=O)c2ccc(F)c(S(=O)(=O)N3CCC4(CC3)OCCO4)c2)cc1. The van der Waals surface area contributed by atoms with E-state index in [9.17, 15) is 17.6 Å². The van der Waals surface area contributed by atoms with Crippen LogP contribution in [0.3, 0.4) is 0 Å². The molecule has 32 heavy (non-hydrogen) atoms. The minimum Gasteiger partial charge on any atom is -0.494 e. The highest BCUT2D eigenvalue weighted by Crippen LogP contribution is 2.34. The summed E-state index contributed by atoms with van der Waals surface area (Å²) in [6.07, 6.45) is 0.734. The summed E-state index contributed by atoms with van der Waals surface area (Å²) in [4.78, 5) is 12.1. The summed E-state index contributed by atoms with van der Waals surface area (Å²) >= 11 is 0. The van der Waals surface area contributed by atoms with Crippen LogP contribution in [0, 0.1) is 5.82 Å². The first kappa shape index (κ1) is 22.7. The number of piperidine rings is 1. The zero-order chi connectivity index (χ0) is 22.8. The topological polar surface area (TPSA) is 94.2 Å². The lowest BCUT2D eigenvalue weighted by Gasteiger charge is -2.36. The van der Waals surface area contributed by atoms with Crippen molar-refractivity contribution >= 4 is 21.6 Å². The van der Waals surface area contributed by atoms with Crippen molar-refractivity contribution in [1.82, 2.24) is 4.31 Å². The van der Waals surface area contributed by atoms with Gasteiger partial charge in [0.25, 0.3) is 5.91 Å². The first-order valence-corrected chi connectivity index (χ1v) is 11.9. The maximum absolute atomic E-state index is 14.5. The lowest BCUT2D eigenvalue weighted by molar-refractivity contribution is -0.179. The van der Waals surface area contributed by atoms with Crippen molar-refractivity contribution in [1.29, 1.82) is 0 Å². The third kappa shape index (κ3) is 4.63. The Hall–Kier alpha value is -2.53. The van der Waals surface area contributed by atoms with E-state index in [0.29, 0.717) is 44.1 Å². The molecule has 2 aliphatic heterocycles. The quantitative estimate of drug-likeness (QED) is 0.706. The first-order valence-electron chi connectivity index (χ1n) is 10.4. The van der Waals surface area contributed by atoms with E-state index in [2.05, 4.69) is 5.32 Å². The average molecular weight is 465 g/mol. The second-order valence-corrected chi connectivity index (χ2v) is 9.47. The number of rotatable bonds is 6. The molecule has 8 nitrogen and oxygen atoms in total. The summed E-state index contributed by atoms with van der Waals surface area (Å²) in [6.45, 7) is 3.64. The normalized spacial score (nSPS) is 18.6. The van der Waals surface area contributed by atoms with Gasteiger partial charge in [0.05, 0.1) is 19.8 Å². The zero-order valence-electron chi connectivity index (χ0n) is 17.7. The standard InChI is InChI=1S/C22H25FN2O6S/c1-2-29-18-6-4-17(5-7-18)24-21(26)16-3-8-19(23)20(15-16)32(27,28)25-11-9-22(10-12-25)30-13-14-31-22/h3-8,15H,2,9-14H2,1H3,(H,24,26). The third-order valence-electron chi connectivity index (χ3n) is 5.53. The summed E-state index contributed by atoms with van der Waals surface area (Å²) in [6, 6.07) is 10.1. The van der Waals surface area contributed by atoms with Crippen LogP contribution in [0.4, 0.5) is 10.1 Å². The van der Waals surface area contributed by atoms with Gasteiger partial charge in [-0.25, -0.2) is 12.8 Å². The van der Waals surface area contributed by atoms with E-state index in [-0.39, 0.29) is 18.7 Å². The summed E-state index contributed by atoms with van der Waals surface area (Å²) < 4.78 is 58.5. The molecule has 10 heteroatoms. The lowest BCUT2D eigenvalue weighted by Crippen LogP contribution is -2.47. The molecule has 0 radical (unpaired) electrons. The number of benzene rings is 2. The van der Waals surface area contributed by atoms with Crippen LogP contribution >= 0.6 is 0 Å². The minimum atomic E-state index is -4.13. The molecule has 1 amide bonds. The lowest BCUT2D eigenvalue weighted by atomic mass is 10.1. The van der Waals surface area contributed by atoms with Crippen molar-refractivity contribution in [2.24, 2.45) is 0 Å². The van der Waals surface area contributed by atoms with Gasteiger partial charge in [0.1, 0.15) is 16.5 Å². The largest absolute Gasteiger partial charge is 0.494 e. The second kappa shape index (κ2) is 9.14. The number of carbonyl (C=O) groups excluding carboxylic acids is 1. The molecular weight excluding hydrogens is 439 g/mol. The Morgan fingerprint density at radius 3 is 2.41 bits per heavy atom. The smallest absolute Gasteiger partial charge is 0.255 e. The number of amides is 1. The van der Waals surface area contributed by atoms with Gasteiger partial charge >= 0.3 is 0 Å². The molecule has 1 N–H and O–H groups in total. The Morgan fingerprint density at radius 2 is 1.78 bits per heavy atom. The number of halogens is 1. The van der Waals surface area contributed by atoms with Gasteiger partial charge in [-0.1, -0.05) is 0 Å². The van der Waals surface area contributed by atoms with E-state index in [0.717, 1.165) is 12.1 Å². The number of nitrogens with one attached hydrogen (secondary N) is 1. The van der Waals surface area contributed by atoms with Gasteiger partial charge in [0, 0.05) is 37.2 Å². The van der Waals surface area contributed by atoms with Crippen LogP contribution in [0.1, 0.15) is 30.1 Å². The van der Waals surface area contributed by atoms with Crippen LogP contribution in [0.25, 0.3) is 0 Å². The predicted octanol–water partition coefficient (Wildman–Crippen LogP) is 3.00. The predicted molar refractivity (Wildman–Crippen MR) is 115 cm³/mol. The zero-order valence-corrected chi connectivity index (χ0v) is 18.5. The Kier molecular flexibility index (Phi) is 6.47. The summed E-state index contributed by atoms with van der Waals surface area (Å²) in [5.41, 5.74) is 0.542. The van der Waals surface area contributed by atoms with Gasteiger partial charge in [-0.05, 0) is 49.4 Å². The van der Waals surface area contributed by atoms with Gasteiger partial charge in [-0.15, -0.1) is 0 Å². The average Bonchev–Trinajstić information content (AvgIpc) is 3.23. The van der Waals surface area contributed by atoms with Gasteiger partial charge in [-0.2, -0.15) is 4.31 Å². The van der Waals surface area contributed by atoms with E-state index < -0.39 is 32.4 Å². The van der Waals surface area contributed by atoms with Crippen molar-refractivity contribution in [2.45, 2.75) is 30.4 Å². The Labute approximate surface area is 186 Å². The van der Waals surface area contributed by atoms with Crippen molar-refractivity contribution in [3.8, 4) is 5.75 Å². The summed E-state index contributed by atoms with van der Waals surface area (Å²) in [7, 11) is -4.13. The Morgan fingerprint density at radius 1 is 1.12 bits per heavy atom. The number of carbonyl (C=O) groups is 1. The monoisotopic (exact) mass is 464 g/mol. The van der Waals surface area contributed by atoms with Crippen LogP contribution in [0.15, 0.2) is 47.4 Å². The van der Waals surface area contributed by atoms with E-state index in [1.165, 1.54) is 10.4 Å². The number of hydrogen-bond donors (Lipinski definition) is 1. The maximum Gasteiger partial charge on any atom is 0.255 e. The van der Waals surface area contributed by atoms with E-state index in [1.54, 1.807) is 24.3 Å². The van der Waals surface area contributed by atoms with Crippen molar-refractivity contribution < 1.29 is 31.8 Å². The van der Waals surface area contributed by atoms with Gasteiger partial charge in [-0.3, -0.25) is 4.79 Å². The fourth-order valence-electron chi connectivity index (χ4n) is 3.84. The molecule has 0 saturated carbocycles. The molecule has 0 aliphatic carbocycles. The highest BCUT2D eigenvalue weighted by Gasteiger charge is 2.43. The molecule has 2 aromatic rings. The van der Waals surface area contributed by atoms with Crippen molar-refractivity contribution in [3.63, 3.8) is 0 Å². The fourth-order valence-corrected chi connectivity index (χ4v) is 5.37. The number of sulfonamides is 1. The van der Waals surface area contributed by atoms with Crippen LogP contribution < -0.4 is 10.1 Å². The molecule has 2 aliphatic rings. The molecule has 0 bridgehead atoms. The molecule has 0 atom stereocenters. The van der Waals surface area contributed by atoms with Crippen molar-refractivity contribution in [3.05, 3.63) is 53.8 Å². The molecule has 0 unspecified atom stereocenters. The van der Waals surface area contributed by atoms with Crippen LogP contribution in [0.2, 0.25) is 0 Å². The minimum absolute atomic E-state index is 0.0369. The number of anilines is 1. The Bertz CT molecular complexity index is 1070. The Balaban J connectivity index is 1.49. The molecule has 1 spiro atoms. The summed E-state index contributed by atoms with van der Waals surface area (Å²) in [5.74, 6) is -1.53. The van der Waals surface area contributed by atoms with Crippen LogP contribution in [0.5, 0.6) is 5.75 Å². The van der Waals surface area contributed by atoms with Crippen molar-refractivity contribution in [2.75, 3.05) is 38.2 Å². The molecule has 4 rings (SSSR count). The van der Waals surface area contributed by atoms with E-state index in [1.807, 2.05) is 6.92 Å². The highest BCUT2D eigenvalue weighted by molar-refractivity contribution is 7.89. The van der Waals surface area contributed by atoms with Gasteiger partial charge in [0.2, 0.25) is 10.0 Å². The highest BCUT2D eigenvalue weighted by atomic mass is 32.2. The number of nitrogens with zero attached hydrogens (tertiary/aromatic N) is 1. The molecule has 2 saturated heterocycles. The molecule has 2 fully saturated rings. The number of hydrogen-bond acceptors (Lipinski definition) is 6. The van der Waals surface area contributed by atoms with Crippen LogP contribution in [-0.4, -0.2) is 57.3 Å². The second-order valence-electron chi connectivity index (χ2n) is 7.57. The molecule has 2 heterocycles. The van der Waals surface area contributed by atoms with Gasteiger partial charge in [0.15, 0.2) is 5.79 Å². The van der Waals surface area contributed by atoms with Crippen LogP contribution in [-0.2, 0) is 19.5 Å². The summed E-state index contributed by atoms with van der Waals surface area (Å²) in [5, 5.41) is 2.68. The van der Waals surface area contributed by atoms with E-state index in [4.69, 9.17) is 14.2 Å². The first-order chi connectivity index (χ1) is 15.3. The molecular formula is C22H25FN2O6S. The van der Waals surface area contributed by atoms with Gasteiger partial charge < -0.3 is 19.5 Å². The fraction of sp³-hybridized carbons (Fsp3) is 0.409. The number of ether oxygens (including phenoxy) is 3. The third-order valence-corrected chi connectivity index (χ3v) is 7.45. The molecule has 2 aromatic carbocycles. The maximum atomic E-state index is 14.5. The molecule has 172 valence electrons. The van der Waals surface area contributed by atoms with E-state index >= 15 is 0 Å².